The highest BCUT2D eigenvalue weighted by molar-refractivity contribution is 5.98. The Morgan fingerprint density at radius 1 is 0.833 bits per heavy atom. The third-order valence-electron chi connectivity index (χ3n) is 3.80. The van der Waals surface area contributed by atoms with E-state index in [4.69, 9.17) is 4.74 Å². The molecule has 5 heteroatoms. The van der Waals surface area contributed by atoms with Gasteiger partial charge in [0.25, 0.3) is 0 Å². The Morgan fingerprint density at radius 2 is 1.46 bits per heavy atom. The second-order valence-corrected chi connectivity index (χ2v) is 5.18. The zero-order valence-electron chi connectivity index (χ0n) is 13.1. The van der Waals surface area contributed by atoms with Crippen molar-refractivity contribution < 1.29 is 14.3 Å². The predicted octanol–water partition coefficient (Wildman–Crippen LogP) is 3.97. The highest BCUT2D eigenvalue weighted by Gasteiger charge is 2.03. The highest BCUT2D eigenvalue weighted by Crippen LogP contribution is 2.22. The molecule has 0 aliphatic carbocycles. The van der Waals surface area contributed by atoms with Crippen LogP contribution in [0.3, 0.4) is 0 Å². The topological polar surface area (TPSA) is 75.0 Å². The number of hydrogen-bond donors (Lipinski definition) is 2. The molecule has 24 heavy (non-hydrogen) atoms. The van der Waals surface area contributed by atoms with Gasteiger partial charge < -0.3 is 14.7 Å². The first-order valence-electron chi connectivity index (χ1n) is 7.38. The third kappa shape index (κ3) is 2.92. The summed E-state index contributed by atoms with van der Waals surface area (Å²) >= 11 is 0. The van der Waals surface area contributed by atoms with Crippen LogP contribution < -0.4 is 4.74 Å². The van der Waals surface area contributed by atoms with E-state index in [-0.39, 0.29) is 0 Å². The van der Waals surface area contributed by atoms with Gasteiger partial charge in [0.15, 0.2) is 12.6 Å². The molecular weight excluding hydrogens is 304 g/mol. The fourth-order valence-corrected chi connectivity index (χ4v) is 2.54. The third-order valence-corrected chi connectivity index (χ3v) is 3.80. The molecule has 0 saturated heterocycles. The van der Waals surface area contributed by atoms with E-state index in [9.17, 15) is 9.59 Å². The molecule has 0 saturated carbocycles. The summed E-state index contributed by atoms with van der Waals surface area (Å²) in [7, 11) is 1.61. The predicted molar refractivity (Wildman–Crippen MR) is 93.9 cm³/mol. The van der Waals surface area contributed by atoms with Crippen molar-refractivity contribution in [2.24, 2.45) is 0 Å². The van der Waals surface area contributed by atoms with Crippen LogP contribution in [0.15, 0.2) is 54.9 Å². The standard InChI is InChI=1S/C10H9NO2.C9H7NO/c1-13-8-2-3-10-9(4-8)7(6-12)5-11-10;11-6-7-5-10-9-4-2-1-3-8(7)9/h2-6,11H,1H3;1-6,10H. The maximum absolute atomic E-state index is 10.6. The van der Waals surface area contributed by atoms with Crippen molar-refractivity contribution in [2.75, 3.05) is 7.11 Å². The van der Waals surface area contributed by atoms with Crippen molar-refractivity contribution in [2.45, 2.75) is 0 Å². The van der Waals surface area contributed by atoms with Crippen molar-refractivity contribution >= 4 is 34.4 Å². The van der Waals surface area contributed by atoms with Gasteiger partial charge in [-0.2, -0.15) is 0 Å². The second kappa shape index (κ2) is 6.83. The summed E-state index contributed by atoms with van der Waals surface area (Å²) in [4.78, 5) is 27.1. The number of ether oxygens (including phenoxy) is 1. The first-order chi connectivity index (χ1) is 11.8. The minimum absolute atomic E-state index is 0.661. The number of fused-ring (bicyclic) bond motifs is 2. The fourth-order valence-electron chi connectivity index (χ4n) is 2.54. The maximum atomic E-state index is 10.6. The van der Waals surface area contributed by atoms with E-state index in [0.29, 0.717) is 5.56 Å². The summed E-state index contributed by atoms with van der Waals surface area (Å²) in [5, 5.41) is 1.89. The van der Waals surface area contributed by atoms with Gasteiger partial charge in [-0.05, 0) is 24.3 Å². The average molecular weight is 320 g/mol. The van der Waals surface area contributed by atoms with Gasteiger partial charge in [-0.1, -0.05) is 18.2 Å². The lowest BCUT2D eigenvalue weighted by atomic mass is 10.2. The normalized spacial score (nSPS) is 10.2. The number of rotatable bonds is 3. The molecule has 2 aromatic carbocycles. The smallest absolute Gasteiger partial charge is 0.152 e. The van der Waals surface area contributed by atoms with Crippen LogP contribution in [-0.4, -0.2) is 29.7 Å². The Labute approximate surface area is 138 Å². The van der Waals surface area contributed by atoms with Gasteiger partial charge in [0.1, 0.15) is 5.75 Å². The van der Waals surface area contributed by atoms with Gasteiger partial charge in [-0.3, -0.25) is 9.59 Å². The monoisotopic (exact) mass is 320 g/mol. The summed E-state index contributed by atoms with van der Waals surface area (Å²) in [6.45, 7) is 0. The van der Waals surface area contributed by atoms with Gasteiger partial charge in [-0.25, -0.2) is 0 Å². The van der Waals surface area contributed by atoms with Gasteiger partial charge in [0.05, 0.1) is 7.11 Å². The molecule has 0 aliphatic rings. The van der Waals surface area contributed by atoms with Crippen LogP contribution in [0.1, 0.15) is 20.7 Å². The van der Waals surface area contributed by atoms with Crippen LogP contribution >= 0.6 is 0 Å². The molecule has 0 spiro atoms. The van der Waals surface area contributed by atoms with E-state index >= 15 is 0 Å². The van der Waals surface area contributed by atoms with E-state index in [0.717, 1.165) is 45.7 Å². The van der Waals surface area contributed by atoms with Gasteiger partial charge >= 0.3 is 0 Å². The number of methoxy groups -OCH3 is 1. The first kappa shape index (κ1) is 15.6. The summed E-state index contributed by atoms with van der Waals surface area (Å²) in [5.74, 6) is 0.759. The van der Waals surface area contributed by atoms with Crippen molar-refractivity contribution in [3.63, 3.8) is 0 Å². The largest absolute Gasteiger partial charge is 0.497 e. The fraction of sp³-hybridized carbons (Fsp3) is 0.0526. The summed E-state index contributed by atoms with van der Waals surface area (Å²) in [6.07, 6.45) is 5.10. The van der Waals surface area contributed by atoms with E-state index in [2.05, 4.69) is 9.97 Å². The molecule has 0 unspecified atom stereocenters. The Bertz CT molecular complexity index is 998. The molecule has 0 atom stereocenters. The van der Waals surface area contributed by atoms with Gasteiger partial charge in [0.2, 0.25) is 0 Å². The number of aldehydes is 2. The number of para-hydroxylation sites is 1. The molecule has 4 rings (SSSR count). The minimum Gasteiger partial charge on any atom is -0.497 e. The molecule has 4 aromatic rings. The molecule has 0 radical (unpaired) electrons. The molecule has 5 nitrogen and oxygen atoms in total. The Hall–Kier alpha value is -3.34. The molecule has 0 bridgehead atoms. The second-order valence-electron chi connectivity index (χ2n) is 5.18. The number of aromatic amines is 2. The quantitative estimate of drug-likeness (QED) is 0.561. The van der Waals surface area contributed by atoms with E-state index in [1.165, 1.54) is 0 Å². The van der Waals surface area contributed by atoms with E-state index in [1.807, 2.05) is 42.5 Å². The lowest BCUT2D eigenvalue weighted by Crippen LogP contribution is -1.82. The van der Waals surface area contributed by atoms with Crippen LogP contribution in [0.5, 0.6) is 5.75 Å². The molecule has 2 aromatic heterocycles. The SMILES string of the molecule is COc1ccc2[nH]cc(C=O)c2c1.O=Cc1c[nH]c2ccccc12. The zero-order chi connectivity index (χ0) is 16.9. The summed E-state index contributed by atoms with van der Waals surface area (Å²) in [6, 6.07) is 13.3. The molecule has 0 aliphatic heterocycles. The Kier molecular flexibility index (Phi) is 4.43. The van der Waals surface area contributed by atoms with E-state index < -0.39 is 0 Å². The average Bonchev–Trinajstić information content (AvgIpc) is 3.25. The van der Waals surface area contributed by atoms with Crippen molar-refractivity contribution in [3.05, 3.63) is 66.0 Å². The minimum atomic E-state index is 0.661. The Morgan fingerprint density at radius 3 is 2.12 bits per heavy atom. The molecule has 120 valence electrons. The van der Waals surface area contributed by atoms with Gasteiger partial charge in [-0.15, -0.1) is 0 Å². The summed E-state index contributed by atoms with van der Waals surface area (Å²) in [5.41, 5.74) is 3.34. The summed E-state index contributed by atoms with van der Waals surface area (Å²) < 4.78 is 5.06. The van der Waals surface area contributed by atoms with Crippen LogP contribution in [0.4, 0.5) is 0 Å². The van der Waals surface area contributed by atoms with Crippen LogP contribution in [0, 0.1) is 0 Å². The van der Waals surface area contributed by atoms with Crippen molar-refractivity contribution in [1.82, 2.24) is 9.97 Å². The van der Waals surface area contributed by atoms with Crippen LogP contribution in [0.2, 0.25) is 0 Å². The van der Waals surface area contributed by atoms with Crippen LogP contribution in [-0.2, 0) is 0 Å². The molecule has 2 heterocycles. The number of carbonyl (C=O) groups excluding carboxylic acids is 2. The Balaban J connectivity index is 0.000000143. The molecular formula is C19H16N2O3. The number of carbonyl (C=O) groups is 2. The number of nitrogens with one attached hydrogen (secondary N) is 2. The van der Waals surface area contributed by atoms with Crippen LogP contribution in [0.25, 0.3) is 21.8 Å². The highest BCUT2D eigenvalue weighted by atomic mass is 16.5. The lowest BCUT2D eigenvalue weighted by molar-refractivity contribution is 0.111. The lowest BCUT2D eigenvalue weighted by Gasteiger charge is -1.98. The van der Waals surface area contributed by atoms with Crippen molar-refractivity contribution in [3.8, 4) is 5.75 Å². The zero-order valence-corrected chi connectivity index (χ0v) is 13.1. The molecule has 2 N–H and O–H groups in total. The number of H-pyrrole nitrogens is 2. The van der Waals surface area contributed by atoms with Crippen molar-refractivity contribution in [1.29, 1.82) is 0 Å². The molecule has 0 fully saturated rings. The number of benzene rings is 2. The number of hydrogen-bond acceptors (Lipinski definition) is 3. The number of aromatic nitrogens is 2. The molecule has 0 amide bonds. The first-order valence-corrected chi connectivity index (χ1v) is 7.38. The maximum Gasteiger partial charge on any atom is 0.152 e. The van der Waals surface area contributed by atoms with Gasteiger partial charge in [0, 0.05) is 45.3 Å². The van der Waals surface area contributed by atoms with E-state index in [1.54, 1.807) is 19.5 Å².